The summed E-state index contributed by atoms with van der Waals surface area (Å²) in [7, 11) is 0. The molecule has 0 spiro atoms. The van der Waals surface area contributed by atoms with Crippen molar-refractivity contribution in [1.82, 2.24) is 15.1 Å². The fraction of sp³-hybridized carbons (Fsp3) is 0.462. The Morgan fingerprint density at radius 2 is 2.15 bits per heavy atom. The fourth-order valence-corrected chi connectivity index (χ4v) is 2.10. The highest BCUT2D eigenvalue weighted by atomic mass is 19.1. The van der Waals surface area contributed by atoms with E-state index in [9.17, 15) is 4.39 Å². The largest absolute Gasteiger partial charge is 0.361 e. The molecule has 7 heteroatoms. The van der Waals surface area contributed by atoms with Gasteiger partial charge in [-0.15, -0.1) is 0 Å². The van der Waals surface area contributed by atoms with Gasteiger partial charge in [0.15, 0.2) is 11.6 Å². The van der Waals surface area contributed by atoms with Crippen LogP contribution in [0.1, 0.15) is 36.9 Å². The highest BCUT2D eigenvalue weighted by Gasteiger charge is 2.18. The number of rotatable bonds is 5. The summed E-state index contributed by atoms with van der Waals surface area (Å²) in [6.45, 7) is 8.18. The molecule has 0 aliphatic rings. The molecule has 0 aromatic carbocycles. The molecule has 1 atom stereocenters. The Morgan fingerprint density at radius 1 is 1.40 bits per heavy atom. The lowest BCUT2D eigenvalue weighted by Gasteiger charge is -2.15. The number of halogens is 1. The summed E-state index contributed by atoms with van der Waals surface area (Å²) in [5.74, 6) is 0.764. The summed E-state index contributed by atoms with van der Waals surface area (Å²) in [6, 6.07) is -0.167. The third-order valence-electron chi connectivity index (χ3n) is 2.95. The highest BCUT2D eigenvalue weighted by Crippen LogP contribution is 2.25. The van der Waals surface area contributed by atoms with Gasteiger partial charge in [-0.2, -0.15) is 4.98 Å². The highest BCUT2D eigenvalue weighted by molar-refractivity contribution is 5.44. The van der Waals surface area contributed by atoms with Crippen molar-refractivity contribution in [3.8, 4) is 0 Å². The first-order valence-corrected chi connectivity index (χ1v) is 6.48. The van der Waals surface area contributed by atoms with E-state index in [0.717, 1.165) is 17.5 Å². The topological polar surface area (TPSA) is 75.9 Å². The van der Waals surface area contributed by atoms with Crippen molar-refractivity contribution in [3.05, 3.63) is 29.0 Å². The van der Waals surface area contributed by atoms with Crippen molar-refractivity contribution in [1.29, 1.82) is 0 Å². The van der Waals surface area contributed by atoms with E-state index in [-0.39, 0.29) is 11.9 Å². The minimum absolute atomic E-state index is 0.156. The fourth-order valence-electron chi connectivity index (χ4n) is 2.10. The van der Waals surface area contributed by atoms with E-state index in [0.29, 0.717) is 18.3 Å². The third-order valence-corrected chi connectivity index (χ3v) is 2.95. The Bertz CT molecular complexity index is 579. The van der Waals surface area contributed by atoms with Gasteiger partial charge in [0, 0.05) is 12.1 Å². The lowest BCUT2D eigenvalue weighted by molar-refractivity contribution is 0.392. The molecule has 0 saturated heterocycles. The standard InChI is InChI=1S/C13H18FN5O/c1-5-15-13-16-6-10(14)12(18-13)17-7(2)11-8(3)19-20-9(11)4/h6-7H,5H2,1-4H3,(H2,15,16,17,18). The van der Waals surface area contributed by atoms with E-state index < -0.39 is 5.82 Å². The first-order valence-electron chi connectivity index (χ1n) is 6.48. The zero-order valence-electron chi connectivity index (χ0n) is 12.0. The minimum Gasteiger partial charge on any atom is -0.361 e. The first-order chi connectivity index (χ1) is 9.52. The maximum Gasteiger partial charge on any atom is 0.224 e. The summed E-state index contributed by atoms with van der Waals surface area (Å²) >= 11 is 0. The lowest BCUT2D eigenvalue weighted by atomic mass is 10.1. The van der Waals surface area contributed by atoms with Crippen molar-refractivity contribution in [2.45, 2.75) is 33.7 Å². The summed E-state index contributed by atoms with van der Waals surface area (Å²) in [5.41, 5.74) is 1.69. The van der Waals surface area contributed by atoms with Gasteiger partial charge in [-0.05, 0) is 27.7 Å². The number of hydrogen-bond acceptors (Lipinski definition) is 6. The third kappa shape index (κ3) is 2.87. The van der Waals surface area contributed by atoms with Crippen LogP contribution in [-0.2, 0) is 0 Å². The van der Waals surface area contributed by atoms with Crippen LogP contribution in [0.25, 0.3) is 0 Å². The van der Waals surface area contributed by atoms with Crippen LogP contribution < -0.4 is 10.6 Å². The Labute approximate surface area is 116 Å². The zero-order chi connectivity index (χ0) is 14.7. The van der Waals surface area contributed by atoms with Crippen LogP contribution in [0.3, 0.4) is 0 Å². The summed E-state index contributed by atoms with van der Waals surface area (Å²) in [4.78, 5) is 7.98. The van der Waals surface area contributed by atoms with Crippen molar-refractivity contribution in [2.24, 2.45) is 0 Å². The maximum atomic E-state index is 13.8. The minimum atomic E-state index is -0.495. The summed E-state index contributed by atoms with van der Waals surface area (Å²) < 4.78 is 18.9. The molecule has 2 N–H and O–H groups in total. The van der Waals surface area contributed by atoms with Crippen molar-refractivity contribution in [3.63, 3.8) is 0 Å². The SMILES string of the molecule is CCNc1ncc(F)c(NC(C)c2c(C)noc2C)n1. The Kier molecular flexibility index (Phi) is 4.16. The first kappa shape index (κ1) is 14.2. The zero-order valence-corrected chi connectivity index (χ0v) is 12.0. The van der Waals surface area contributed by atoms with Gasteiger partial charge >= 0.3 is 0 Å². The maximum absolute atomic E-state index is 13.8. The monoisotopic (exact) mass is 279 g/mol. The van der Waals surface area contributed by atoms with Crippen molar-refractivity contribution >= 4 is 11.8 Å². The molecular weight excluding hydrogens is 261 g/mol. The predicted molar refractivity (Wildman–Crippen MR) is 74.2 cm³/mol. The van der Waals surface area contributed by atoms with Gasteiger partial charge in [0.25, 0.3) is 0 Å². The van der Waals surface area contributed by atoms with Gasteiger partial charge in [0.05, 0.1) is 17.9 Å². The van der Waals surface area contributed by atoms with Gasteiger partial charge in [0.1, 0.15) is 5.76 Å². The van der Waals surface area contributed by atoms with Gasteiger partial charge in [-0.25, -0.2) is 9.37 Å². The molecule has 0 saturated carbocycles. The van der Waals surface area contributed by atoms with Gasteiger partial charge in [-0.3, -0.25) is 0 Å². The quantitative estimate of drug-likeness (QED) is 0.876. The Morgan fingerprint density at radius 3 is 2.75 bits per heavy atom. The average molecular weight is 279 g/mol. The van der Waals surface area contributed by atoms with E-state index >= 15 is 0 Å². The number of aromatic nitrogens is 3. The Hall–Kier alpha value is -2.18. The molecule has 0 radical (unpaired) electrons. The molecular formula is C13H18FN5O. The van der Waals surface area contributed by atoms with Crippen LogP contribution in [0.15, 0.2) is 10.7 Å². The van der Waals surface area contributed by atoms with E-state index in [2.05, 4.69) is 25.8 Å². The molecule has 0 aliphatic heterocycles. The second-order valence-electron chi connectivity index (χ2n) is 4.52. The van der Waals surface area contributed by atoms with Crippen LogP contribution in [0.2, 0.25) is 0 Å². The van der Waals surface area contributed by atoms with Crippen LogP contribution in [0.5, 0.6) is 0 Å². The summed E-state index contributed by atoms with van der Waals surface area (Å²) in [5, 5.41) is 9.87. The van der Waals surface area contributed by atoms with Crippen LogP contribution in [0, 0.1) is 19.7 Å². The second kappa shape index (κ2) is 5.85. The molecule has 1 unspecified atom stereocenters. The van der Waals surface area contributed by atoms with Crippen molar-refractivity contribution in [2.75, 3.05) is 17.2 Å². The second-order valence-corrected chi connectivity index (χ2v) is 4.52. The van der Waals surface area contributed by atoms with E-state index in [1.807, 2.05) is 27.7 Å². The number of nitrogens with zero attached hydrogens (tertiary/aromatic N) is 3. The average Bonchev–Trinajstić information content (AvgIpc) is 2.73. The number of aryl methyl sites for hydroxylation is 2. The molecule has 20 heavy (non-hydrogen) atoms. The predicted octanol–water partition coefficient (Wildman–Crippen LogP) is 2.83. The summed E-state index contributed by atoms with van der Waals surface area (Å²) in [6.07, 6.45) is 1.15. The molecule has 6 nitrogen and oxygen atoms in total. The lowest BCUT2D eigenvalue weighted by Crippen LogP contribution is -2.13. The normalized spacial score (nSPS) is 12.2. The molecule has 0 fully saturated rings. The molecule has 0 amide bonds. The molecule has 0 aliphatic carbocycles. The van der Waals surface area contributed by atoms with E-state index in [1.54, 1.807) is 0 Å². The van der Waals surface area contributed by atoms with Crippen LogP contribution in [-0.4, -0.2) is 21.7 Å². The number of nitrogens with one attached hydrogen (secondary N) is 2. The molecule has 108 valence electrons. The van der Waals surface area contributed by atoms with E-state index in [1.165, 1.54) is 0 Å². The van der Waals surface area contributed by atoms with Crippen molar-refractivity contribution < 1.29 is 8.91 Å². The molecule has 0 bridgehead atoms. The van der Waals surface area contributed by atoms with Crippen LogP contribution in [0.4, 0.5) is 16.2 Å². The molecule has 2 aromatic heterocycles. The van der Waals surface area contributed by atoms with Gasteiger partial charge < -0.3 is 15.2 Å². The van der Waals surface area contributed by atoms with Gasteiger partial charge in [0.2, 0.25) is 5.95 Å². The molecule has 2 rings (SSSR count). The number of hydrogen-bond donors (Lipinski definition) is 2. The number of anilines is 2. The Balaban J connectivity index is 2.23. The smallest absolute Gasteiger partial charge is 0.224 e. The van der Waals surface area contributed by atoms with Crippen LogP contribution >= 0.6 is 0 Å². The molecule has 2 aromatic rings. The van der Waals surface area contributed by atoms with Gasteiger partial charge in [-0.1, -0.05) is 5.16 Å². The van der Waals surface area contributed by atoms with E-state index in [4.69, 9.17) is 4.52 Å². The molecule has 2 heterocycles.